The molecule has 4 heterocycles. The number of para-hydroxylation sites is 1. The Morgan fingerprint density at radius 3 is 1.56 bits per heavy atom. The molecule has 0 atom stereocenters. The highest BCUT2D eigenvalue weighted by atomic mass is 16.3. The highest BCUT2D eigenvalue weighted by Crippen LogP contribution is 2.42. The van der Waals surface area contributed by atoms with Gasteiger partial charge in [0.2, 0.25) is 0 Å². The summed E-state index contributed by atoms with van der Waals surface area (Å²) in [6.45, 7) is 0. The Morgan fingerprint density at radius 2 is 0.857 bits per heavy atom. The van der Waals surface area contributed by atoms with Crippen LogP contribution in [0.15, 0.2) is 215 Å². The first-order chi connectivity index (χ1) is 31.2. The maximum absolute atomic E-state index is 6.60. The first-order valence-electron chi connectivity index (χ1n) is 21.1. The molecule has 4 aromatic heterocycles. The molecule has 0 unspecified atom stereocenters. The van der Waals surface area contributed by atoms with Gasteiger partial charge in [0.25, 0.3) is 0 Å². The fourth-order valence-electron chi connectivity index (χ4n) is 9.36. The third-order valence-corrected chi connectivity index (χ3v) is 12.3. The molecule has 6 heteroatoms. The molecule has 0 N–H and O–H groups in total. The van der Waals surface area contributed by atoms with Gasteiger partial charge in [-0.2, -0.15) is 0 Å². The van der Waals surface area contributed by atoms with Gasteiger partial charge in [0.15, 0.2) is 17.5 Å². The maximum atomic E-state index is 6.60. The molecule has 0 amide bonds. The van der Waals surface area contributed by atoms with E-state index in [0.717, 1.165) is 88.4 Å². The summed E-state index contributed by atoms with van der Waals surface area (Å²) >= 11 is 0. The Bertz CT molecular complexity index is 3900. The normalized spacial score (nSPS) is 11.8. The predicted molar refractivity (Wildman–Crippen MR) is 256 cm³/mol. The van der Waals surface area contributed by atoms with Crippen LogP contribution in [-0.2, 0) is 0 Å². The average Bonchev–Trinajstić information content (AvgIpc) is 4.03. The van der Waals surface area contributed by atoms with Gasteiger partial charge in [0.05, 0.1) is 11.0 Å². The zero-order valence-corrected chi connectivity index (χ0v) is 33.7. The summed E-state index contributed by atoms with van der Waals surface area (Å²) in [7, 11) is 0. The van der Waals surface area contributed by atoms with Crippen LogP contribution < -0.4 is 0 Å². The monoisotopic (exact) mass is 806 g/mol. The first-order valence-corrected chi connectivity index (χ1v) is 21.1. The van der Waals surface area contributed by atoms with Gasteiger partial charge < -0.3 is 13.4 Å². The second-order valence-corrected chi connectivity index (χ2v) is 15.9. The minimum atomic E-state index is 0.555. The molecule has 63 heavy (non-hydrogen) atoms. The molecule has 6 nitrogen and oxygen atoms in total. The van der Waals surface area contributed by atoms with Gasteiger partial charge in [-0.3, -0.25) is 0 Å². The molecule has 0 fully saturated rings. The van der Waals surface area contributed by atoms with Crippen LogP contribution in [0.4, 0.5) is 0 Å². The molecule has 294 valence electrons. The number of nitrogens with zero attached hydrogens (tertiary/aromatic N) is 4. The van der Waals surface area contributed by atoms with Gasteiger partial charge in [-0.25, -0.2) is 15.0 Å². The van der Waals surface area contributed by atoms with Crippen molar-refractivity contribution in [3.05, 3.63) is 206 Å². The first kappa shape index (κ1) is 35.2. The SMILES string of the molecule is c1ccc(-c2ccc3c(c2)oc2cccc(-c4nc(-c5ccccc5)nc(-c5cccc6oc7ccc(-n8c9ccccc9c9cc(-c%10ccccc%10)ccc98)cc7c56)n4)c23)cc1. The van der Waals surface area contributed by atoms with Crippen molar-refractivity contribution in [2.75, 3.05) is 0 Å². The molecule has 13 rings (SSSR count). The fourth-order valence-corrected chi connectivity index (χ4v) is 9.36. The quantitative estimate of drug-likeness (QED) is 0.167. The topological polar surface area (TPSA) is 69.9 Å². The molecule has 9 aromatic carbocycles. The van der Waals surface area contributed by atoms with Crippen LogP contribution in [0.5, 0.6) is 0 Å². The van der Waals surface area contributed by atoms with Crippen molar-refractivity contribution in [2.45, 2.75) is 0 Å². The van der Waals surface area contributed by atoms with E-state index in [0.29, 0.717) is 17.5 Å². The summed E-state index contributed by atoms with van der Waals surface area (Å²) in [5.41, 5.74) is 13.7. The molecule has 0 aliphatic carbocycles. The lowest BCUT2D eigenvalue weighted by Crippen LogP contribution is -2.00. The minimum absolute atomic E-state index is 0.555. The molecule has 13 aromatic rings. The number of benzene rings is 9. The Morgan fingerprint density at radius 1 is 0.302 bits per heavy atom. The van der Waals surface area contributed by atoms with E-state index in [4.69, 9.17) is 23.8 Å². The number of furan rings is 2. The van der Waals surface area contributed by atoms with Crippen LogP contribution >= 0.6 is 0 Å². The van der Waals surface area contributed by atoms with Crippen LogP contribution in [0, 0.1) is 0 Å². The van der Waals surface area contributed by atoms with Crippen molar-refractivity contribution in [3.8, 4) is 62.1 Å². The lowest BCUT2D eigenvalue weighted by atomic mass is 10.0. The summed E-state index contributed by atoms with van der Waals surface area (Å²) in [6.07, 6.45) is 0. The van der Waals surface area contributed by atoms with Gasteiger partial charge in [-0.05, 0) is 82.9 Å². The maximum Gasteiger partial charge on any atom is 0.164 e. The van der Waals surface area contributed by atoms with Crippen molar-refractivity contribution >= 4 is 65.7 Å². The minimum Gasteiger partial charge on any atom is -0.456 e. The van der Waals surface area contributed by atoms with Gasteiger partial charge in [0.1, 0.15) is 22.3 Å². The molecular weight excluding hydrogens is 773 g/mol. The van der Waals surface area contributed by atoms with E-state index in [1.807, 2.05) is 60.7 Å². The van der Waals surface area contributed by atoms with Crippen molar-refractivity contribution < 1.29 is 8.83 Å². The largest absolute Gasteiger partial charge is 0.456 e. The van der Waals surface area contributed by atoms with Crippen LogP contribution in [0.2, 0.25) is 0 Å². The number of hydrogen-bond acceptors (Lipinski definition) is 5. The Hall–Kier alpha value is -8.61. The number of aromatic nitrogens is 4. The van der Waals surface area contributed by atoms with Crippen molar-refractivity contribution in [3.63, 3.8) is 0 Å². The lowest BCUT2D eigenvalue weighted by molar-refractivity contribution is 0.668. The second-order valence-electron chi connectivity index (χ2n) is 15.9. The predicted octanol–water partition coefficient (Wildman–Crippen LogP) is 15.1. The molecule has 0 spiro atoms. The van der Waals surface area contributed by atoms with Crippen LogP contribution in [0.3, 0.4) is 0 Å². The van der Waals surface area contributed by atoms with Crippen molar-refractivity contribution in [1.29, 1.82) is 0 Å². The smallest absolute Gasteiger partial charge is 0.164 e. The summed E-state index contributed by atoms with van der Waals surface area (Å²) < 4.78 is 15.5. The zero-order valence-electron chi connectivity index (χ0n) is 33.7. The highest BCUT2D eigenvalue weighted by molar-refractivity contribution is 6.15. The van der Waals surface area contributed by atoms with Gasteiger partial charge in [0, 0.05) is 54.7 Å². The van der Waals surface area contributed by atoms with Gasteiger partial charge in [-0.15, -0.1) is 0 Å². The van der Waals surface area contributed by atoms with Gasteiger partial charge in [-0.1, -0.05) is 146 Å². The Labute approximate surface area is 361 Å². The van der Waals surface area contributed by atoms with E-state index in [1.165, 1.54) is 21.9 Å². The average molecular weight is 807 g/mol. The Balaban J connectivity index is 1.01. The van der Waals surface area contributed by atoms with Crippen LogP contribution in [0.1, 0.15) is 0 Å². The molecule has 0 saturated carbocycles. The van der Waals surface area contributed by atoms with E-state index in [9.17, 15) is 0 Å². The second kappa shape index (κ2) is 14.0. The van der Waals surface area contributed by atoms with Gasteiger partial charge >= 0.3 is 0 Å². The van der Waals surface area contributed by atoms with E-state index in [2.05, 4.69) is 150 Å². The molecule has 0 radical (unpaired) electrons. The molecule has 0 aliphatic rings. The summed E-state index contributed by atoms with van der Waals surface area (Å²) in [5.74, 6) is 1.70. The third-order valence-electron chi connectivity index (χ3n) is 12.3. The standard InChI is InChI=1S/C57H34N4O2/c1-4-14-35(15-5-1)38-27-30-48-45(32-38)41-20-10-11-23-47(41)61(48)40-28-31-49-46(34-40)54-44(22-13-25-51(54)62-49)57-59-55(37-18-8-3-9-19-37)58-56(60-57)43-21-12-24-50-53(43)42-29-26-39(33-52(42)63-50)36-16-6-2-7-17-36/h1-34H. The molecule has 0 bridgehead atoms. The third kappa shape index (κ3) is 5.69. The van der Waals surface area contributed by atoms with Crippen molar-refractivity contribution in [2.24, 2.45) is 0 Å². The highest BCUT2D eigenvalue weighted by Gasteiger charge is 2.22. The van der Waals surface area contributed by atoms with E-state index in [-0.39, 0.29) is 0 Å². The Kier molecular flexibility index (Phi) is 7.80. The van der Waals surface area contributed by atoms with Crippen molar-refractivity contribution in [1.82, 2.24) is 19.5 Å². The zero-order chi connectivity index (χ0) is 41.4. The fraction of sp³-hybridized carbons (Fsp3) is 0. The number of hydrogen-bond donors (Lipinski definition) is 0. The van der Waals surface area contributed by atoms with Crippen LogP contribution in [0.25, 0.3) is 128 Å². The summed E-state index contributed by atoms with van der Waals surface area (Å²) in [4.78, 5) is 15.7. The lowest BCUT2D eigenvalue weighted by Gasteiger charge is -2.11. The van der Waals surface area contributed by atoms with E-state index in [1.54, 1.807) is 0 Å². The van der Waals surface area contributed by atoms with E-state index >= 15 is 0 Å². The molecule has 0 saturated heterocycles. The summed E-state index contributed by atoms with van der Waals surface area (Å²) in [5, 5.41) is 6.28. The molecular formula is C57H34N4O2. The van der Waals surface area contributed by atoms with E-state index < -0.39 is 0 Å². The van der Waals surface area contributed by atoms with Crippen LogP contribution in [-0.4, -0.2) is 19.5 Å². The number of fused-ring (bicyclic) bond motifs is 9. The molecule has 0 aliphatic heterocycles. The number of rotatable bonds is 6. The summed E-state index contributed by atoms with van der Waals surface area (Å²) in [6, 6.07) is 71.5.